The Morgan fingerprint density at radius 3 is 2.68 bits per heavy atom. The molecule has 1 aromatic carbocycles. The zero-order valence-electron chi connectivity index (χ0n) is 10.7. The molecular weight excluding hydrogens is 258 g/mol. The average Bonchev–Trinajstić information content (AvgIpc) is 2.45. The first-order chi connectivity index (χ1) is 9.18. The van der Waals surface area contributed by atoms with E-state index in [1.54, 1.807) is 6.20 Å². The van der Waals surface area contributed by atoms with Gasteiger partial charge in [-0.3, -0.25) is 4.98 Å². The van der Waals surface area contributed by atoms with Gasteiger partial charge in [-0.15, -0.1) is 10.2 Å². The first-order valence-corrected chi connectivity index (χ1v) is 6.39. The van der Waals surface area contributed by atoms with Gasteiger partial charge in [0.05, 0.1) is 5.69 Å². The van der Waals surface area contributed by atoms with E-state index in [2.05, 4.69) is 15.2 Å². The second-order valence-corrected chi connectivity index (χ2v) is 4.85. The topological polar surface area (TPSA) is 38.7 Å². The largest absolute Gasteiger partial charge is 0.264 e. The Bertz CT molecular complexity index is 763. The van der Waals surface area contributed by atoms with Crippen LogP contribution in [0.15, 0.2) is 36.7 Å². The second kappa shape index (κ2) is 4.59. The lowest BCUT2D eigenvalue weighted by atomic mass is 9.99. The molecule has 0 spiro atoms. The maximum Gasteiger partial charge on any atom is 0.154 e. The van der Waals surface area contributed by atoms with Gasteiger partial charge in [0.15, 0.2) is 5.15 Å². The van der Waals surface area contributed by atoms with Crippen LogP contribution in [0.4, 0.5) is 0 Å². The molecule has 0 N–H and O–H groups in total. The number of benzene rings is 1. The van der Waals surface area contributed by atoms with Crippen LogP contribution < -0.4 is 0 Å². The van der Waals surface area contributed by atoms with Crippen LogP contribution in [0.25, 0.3) is 22.0 Å². The molecule has 0 fully saturated rings. The zero-order valence-corrected chi connectivity index (χ0v) is 11.4. The van der Waals surface area contributed by atoms with Crippen molar-refractivity contribution >= 4 is 22.4 Å². The highest BCUT2D eigenvalue weighted by molar-refractivity contribution is 6.30. The minimum Gasteiger partial charge on any atom is -0.264 e. The molecule has 4 heteroatoms. The van der Waals surface area contributed by atoms with Gasteiger partial charge in [0.1, 0.15) is 0 Å². The molecule has 94 valence electrons. The lowest BCUT2D eigenvalue weighted by Crippen LogP contribution is -1.97. The number of rotatable bonds is 1. The van der Waals surface area contributed by atoms with Crippen LogP contribution in [0.3, 0.4) is 0 Å². The third-order valence-corrected chi connectivity index (χ3v) is 3.76. The van der Waals surface area contributed by atoms with E-state index < -0.39 is 0 Å². The van der Waals surface area contributed by atoms with Crippen LogP contribution in [0.1, 0.15) is 11.1 Å². The van der Waals surface area contributed by atoms with E-state index in [4.69, 9.17) is 11.6 Å². The van der Waals surface area contributed by atoms with E-state index in [1.807, 2.05) is 44.3 Å². The summed E-state index contributed by atoms with van der Waals surface area (Å²) >= 11 is 6.01. The quantitative estimate of drug-likeness (QED) is 0.671. The van der Waals surface area contributed by atoms with Crippen molar-refractivity contribution in [1.29, 1.82) is 0 Å². The van der Waals surface area contributed by atoms with E-state index in [-0.39, 0.29) is 0 Å². The van der Waals surface area contributed by atoms with Gasteiger partial charge >= 0.3 is 0 Å². The summed E-state index contributed by atoms with van der Waals surface area (Å²) in [7, 11) is 0. The lowest BCUT2D eigenvalue weighted by Gasteiger charge is -2.10. The number of hydrogen-bond acceptors (Lipinski definition) is 3. The van der Waals surface area contributed by atoms with Crippen LogP contribution in [0, 0.1) is 13.8 Å². The van der Waals surface area contributed by atoms with Gasteiger partial charge < -0.3 is 0 Å². The first kappa shape index (κ1) is 12.1. The van der Waals surface area contributed by atoms with Gasteiger partial charge in [-0.2, -0.15) is 0 Å². The standard InChI is InChI=1S/C15H12ClN3/c1-9-10(2)15(16)19-18-14(9)13-5-3-4-11-8-17-7-6-12(11)13/h3-8H,1-2H3. The summed E-state index contributed by atoms with van der Waals surface area (Å²) < 4.78 is 0. The number of pyridine rings is 1. The second-order valence-electron chi connectivity index (χ2n) is 4.49. The van der Waals surface area contributed by atoms with Crippen molar-refractivity contribution in [3.05, 3.63) is 52.9 Å². The van der Waals surface area contributed by atoms with Crippen LogP contribution in [-0.2, 0) is 0 Å². The lowest BCUT2D eigenvalue weighted by molar-refractivity contribution is 1.00. The van der Waals surface area contributed by atoms with Gasteiger partial charge in [-0.05, 0) is 36.4 Å². The fourth-order valence-electron chi connectivity index (χ4n) is 2.16. The summed E-state index contributed by atoms with van der Waals surface area (Å²) in [5, 5.41) is 11.0. The average molecular weight is 270 g/mol. The van der Waals surface area contributed by atoms with Crippen LogP contribution >= 0.6 is 11.6 Å². The Kier molecular flexibility index (Phi) is 2.91. The molecule has 0 amide bonds. The third kappa shape index (κ3) is 1.96. The summed E-state index contributed by atoms with van der Waals surface area (Å²) in [6.45, 7) is 3.98. The van der Waals surface area contributed by atoms with Crippen molar-refractivity contribution in [2.75, 3.05) is 0 Å². The van der Waals surface area contributed by atoms with Gasteiger partial charge in [0.2, 0.25) is 0 Å². The predicted octanol–water partition coefficient (Wildman–Crippen LogP) is 3.96. The summed E-state index contributed by atoms with van der Waals surface area (Å²) in [6.07, 6.45) is 3.64. The van der Waals surface area contributed by atoms with Crippen LogP contribution in [0.2, 0.25) is 5.15 Å². The van der Waals surface area contributed by atoms with Crippen LogP contribution in [0.5, 0.6) is 0 Å². The Hall–Kier alpha value is -2.00. The SMILES string of the molecule is Cc1c(Cl)nnc(-c2cccc3cnccc23)c1C. The van der Waals surface area contributed by atoms with Crippen LogP contribution in [-0.4, -0.2) is 15.2 Å². The maximum absolute atomic E-state index is 6.01. The number of nitrogens with zero attached hydrogens (tertiary/aromatic N) is 3. The van der Waals surface area contributed by atoms with Gasteiger partial charge in [0.25, 0.3) is 0 Å². The monoisotopic (exact) mass is 269 g/mol. The molecule has 2 heterocycles. The Labute approximate surface area is 116 Å². The molecule has 0 bridgehead atoms. The Morgan fingerprint density at radius 2 is 1.84 bits per heavy atom. The van der Waals surface area contributed by atoms with E-state index >= 15 is 0 Å². The number of aromatic nitrogens is 3. The molecule has 0 unspecified atom stereocenters. The third-order valence-electron chi connectivity index (χ3n) is 3.40. The molecule has 0 aliphatic rings. The molecule has 3 nitrogen and oxygen atoms in total. The molecule has 0 aliphatic carbocycles. The van der Waals surface area contributed by atoms with E-state index in [0.717, 1.165) is 33.2 Å². The van der Waals surface area contributed by atoms with E-state index in [9.17, 15) is 0 Å². The summed E-state index contributed by atoms with van der Waals surface area (Å²) in [4.78, 5) is 4.14. The molecule has 0 atom stereocenters. The molecule has 3 rings (SSSR count). The number of hydrogen-bond donors (Lipinski definition) is 0. The van der Waals surface area contributed by atoms with Crippen molar-refractivity contribution in [3.8, 4) is 11.3 Å². The highest BCUT2D eigenvalue weighted by Crippen LogP contribution is 2.30. The van der Waals surface area contributed by atoms with Crippen molar-refractivity contribution < 1.29 is 0 Å². The highest BCUT2D eigenvalue weighted by Gasteiger charge is 2.12. The van der Waals surface area contributed by atoms with Gasteiger partial charge in [-0.1, -0.05) is 29.8 Å². The maximum atomic E-state index is 6.01. The van der Waals surface area contributed by atoms with Crippen molar-refractivity contribution in [1.82, 2.24) is 15.2 Å². The Balaban J connectivity index is 2.34. The molecule has 2 aromatic heterocycles. The molecule has 0 saturated heterocycles. The van der Waals surface area contributed by atoms with Crippen molar-refractivity contribution in [3.63, 3.8) is 0 Å². The zero-order chi connectivity index (χ0) is 13.4. The summed E-state index contributed by atoms with van der Waals surface area (Å²) in [6, 6.07) is 8.09. The minimum absolute atomic E-state index is 0.461. The molecular formula is C15H12ClN3. The summed E-state index contributed by atoms with van der Waals surface area (Å²) in [5.41, 5.74) is 3.96. The van der Waals surface area contributed by atoms with E-state index in [1.165, 1.54) is 0 Å². The fraction of sp³-hybridized carbons (Fsp3) is 0.133. The number of halogens is 1. The minimum atomic E-state index is 0.461. The molecule has 0 saturated carbocycles. The van der Waals surface area contributed by atoms with Crippen molar-refractivity contribution in [2.24, 2.45) is 0 Å². The number of fused-ring (bicyclic) bond motifs is 1. The first-order valence-electron chi connectivity index (χ1n) is 6.01. The molecule has 0 radical (unpaired) electrons. The molecule has 19 heavy (non-hydrogen) atoms. The Morgan fingerprint density at radius 1 is 1.00 bits per heavy atom. The fourth-order valence-corrected chi connectivity index (χ4v) is 2.34. The smallest absolute Gasteiger partial charge is 0.154 e. The highest BCUT2D eigenvalue weighted by atomic mass is 35.5. The van der Waals surface area contributed by atoms with E-state index in [0.29, 0.717) is 5.15 Å². The molecule has 0 aliphatic heterocycles. The van der Waals surface area contributed by atoms with Gasteiger partial charge in [-0.25, -0.2) is 0 Å². The molecule has 3 aromatic rings. The normalized spacial score (nSPS) is 10.9. The van der Waals surface area contributed by atoms with Crippen molar-refractivity contribution in [2.45, 2.75) is 13.8 Å². The predicted molar refractivity (Wildman–Crippen MR) is 77.3 cm³/mol. The summed E-state index contributed by atoms with van der Waals surface area (Å²) in [5.74, 6) is 0. The van der Waals surface area contributed by atoms with Gasteiger partial charge in [0, 0.05) is 23.3 Å².